The predicted octanol–water partition coefficient (Wildman–Crippen LogP) is 4.41. The van der Waals surface area contributed by atoms with Gasteiger partial charge in [-0.05, 0) is 41.8 Å². The average Bonchev–Trinajstić information content (AvgIpc) is 3.19. The molecular weight excluding hydrogens is 360 g/mol. The summed E-state index contributed by atoms with van der Waals surface area (Å²) in [6, 6.07) is 15.5. The van der Waals surface area contributed by atoms with Crippen LogP contribution in [-0.2, 0) is 6.54 Å². The van der Waals surface area contributed by atoms with Crippen LogP contribution in [0, 0.1) is 0 Å². The summed E-state index contributed by atoms with van der Waals surface area (Å²) in [6.07, 6.45) is 1.82. The van der Waals surface area contributed by atoms with E-state index in [1.807, 2.05) is 48.7 Å². The second-order valence-electron chi connectivity index (χ2n) is 6.05. The second-order valence-corrected chi connectivity index (χ2v) is 6.97. The van der Waals surface area contributed by atoms with Gasteiger partial charge in [0.15, 0.2) is 0 Å². The van der Waals surface area contributed by atoms with Crippen molar-refractivity contribution >= 4 is 17.3 Å². The molecule has 0 aliphatic carbocycles. The van der Waals surface area contributed by atoms with E-state index in [0.717, 1.165) is 30.9 Å². The maximum absolute atomic E-state index is 11.3. The van der Waals surface area contributed by atoms with Gasteiger partial charge in [0.05, 0.1) is 5.69 Å². The number of ether oxygens (including phenoxy) is 1. The molecule has 0 spiro atoms. The van der Waals surface area contributed by atoms with E-state index in [1.54, 1.807) is 11.4 Å². The number of nitrogens with zero attached hydrogens (tertiary/aromatic N) is 2. The minimum atomic E-state index is -0.915. The van der Waals surface area contributed by atoms with Crippen LogP contribution in [0.15, 0.2) is 60.1 Å². The van der Waals surface area contributed by atoms with E-state index in [9.17, 15) is 9.90 Å². The van der Waals surface area contributed by atoms with E-state index in [2.05, 4.69) is 16.8 Å². The lowest BCUT2D eigenvalue weighted by Gasteiger charge is -2.20. The van der Waals surface area contributed by atoms with Gasteiger partial charge in [0, 0.05) is 24.8 Å². The highest BCUT2D eigenvalue weighted by atomic mass is 32.1. The van der Waals surface area contributed by atoms with E-state index < -0.39 is 5.97 Å². The first-order valence-corrected chi connectivity index (χ1v) is 9.71. The zero-order valence-electron chi connectivity index (χ0n) is 15.2. The predicted molar refractivity (Wildman–Crippen MR) is 107 cm³/mol. The Morgan fingerprint density at radius 1 is 1.19 bits per heavy atom. The Morgan fingerprint density at radius 3 is 2.67 bits per heavy atom. The van der Waals surface area contributed by atoms with Crippen LogP contribution < -0.4 is 4.74 Å². The highest BCUT2D eigenvalue weighted by molar-refractivity contribution is 7.12. The summed E-state index contributed by atoms with van der Waals surface area (Å²) in [6.45, 7) is 5.25. The van der Waals surface area contributed by atoms with Crippen molar-refractivity contribution in [2.45, 2.75) is 13.5 Å². The molecule has 2 heterocycles. The highest BCUT2D eigenvalue weighted by Crippen LogP contribution is 2.27. The molecule has 0 amide bonds. The van der Waals surface area contributed by atoms with Crippen LogP contribution >= 0.6 is 11.3 Å². The van der Waals surface area contributed by atoms with Gasteiger partial charge in [-0.15, -0.1) is 11.3 Å². The molecule has 27 heavy (non-hydrogen) atoms. The van der Waals surface area contributed by atoms with Crippen molar-refractivity contribution in [2.75, 3.05) is 19.7 Å². The molecule has 5 nitrogen and oxygen atoms in total. The number of hydrogen-bond acceptors (Lipinski definition) is 5. The number of likely N-dealkylation sites (N-methyl/N-ethyl adjacent to an activating group) is 1. The van der Waals surface area contributed by atoms with Crippen LogP contribution in [0.5, 0.6) is 5.75 Å². The van der Waals surface area contributed by atoms with Crippen molar-refractivity contribution in [2.24, 2.45) is 0 Å². The third-order valence-electron chi connectivity index (χ3n) is 4.23. The zero-order chi connectivity index (χ0) is 19.1. The number of carboxylic acid groups (broad SMARTS) is 1. The summed E-state index contributed by atoms with van der Waals surface area (Å²) < 4.78 is 5.77. The lowest BCUT2D eigenvalue weighted by Crippen LogP contribution is -2.27. The Bertz CT molecular complexity index is 863. The normalized spacial score (nSPS) is 10.9. The average molecular weight is 382 g/mol. The van der Waals surface area contributed by atoms with Crippen LogP contribution in [-0.4, -0.2) is 40.7 Å². The van der Waals surface area contributed by atoms with Crippen molar-refractivity contribution in [3.8, 4) is 17.0 Å². The number of carbonyl (C=O) groups is 1. The molecule has 0 aliphatic heterocycles. The van der Waals surface area contributed by atoms with Crippen LogP contribution in [0.3, 0.4) is 0 Å². The van der Waals surface area contributed by atoms with Crippen molar-refractivity contribution in [1.82, 2.24) is 9.88 Å². The number of carboxylic acids is 1. The summed E-state index contributed by atoms with van der Waals surface area (Å²) in [5, 5.41) is 11.0. The standard InChI is InChI=1S/C21H22N2O3S/c1-2-23(11-12-26-17-6-4-3-5-7-17)15-16-8-9-19(22-14-16)18-10-13-27-20(18)21(24)25/h3-10,13-14H,2,11-12,15H2,1H3,(H,24,25). The first kappa shape index (κ1) is 19.1. The second kappa shape index (κ2) is 9.30. The molecule has 1 N–H and O–H groups in total. The molecule has 1 aromatic carbocycles. The number of rotatable bonds is 9. The number of hydrogen-bond donors (Lipinski definition) is 1. The molecule has 0 saturated carbocycles. The van der Waals surface area contributed by atoms with Crippen molar-refractivity contribution < 1.29 is 14.6 Å². The molecule has 0 atom stereocenters. The molecular formula is C21H22N2O3S. The van der Waals surface area contributed by atoms with E-state index in [1.165, 1.54) is 11.3 Å². The number of thiophene rings is 1. The molecule has 140 valence electrons. The minimum absolute atomic E-state index is 0.323. The molecule has 3 rings (SSSR count). The van der Waals surface area contributed by atoms with Crippen LogP contribution in [0.1, 0.15) is 22.2 Å². The van der Waals surface area contributed by atoms with Crippen LogP contribution in [0.2, 0.25) is 0 Å². The van der Waals surface area contributed by atoms with E-state index >= 15 is 0 Å². The molecule has 0 radical (unpaired) electrons. The Labute approximate surface area is 162 Å². The summed E-state index contributed by atoms with van der Waals surface area (Å²) in [7, 11) is 0. The quantitative estimate of drug-likeness (QED) is 0.594. The molecule has 0 aliphatic rings. The van der Waals surface area contributed by atoms with Gasteiger partial charge in [-0.3, -0.25) is 9.88 Å². The van der Waals surface area contributed by atoms with E-state index in [4.69, 9.17) is 4.74 Å². The number of benzene rings is 1. The van der Waals surface area contributed by atoms with Gasteiger partial charge in [-0.1, -0.05) is 31.2 Å². The Hall–Kier alpha value is -2.70. The van der Waals surface area contributed by atoms with Gasteiger partial charge in [-0.25, -0.2) is 4.79 Å². The van der Waals surface area contributed by atoms with Crippen molar-refractivity contribution in [3.05, 3.63) is 70.5 Å². The molecule has 0 unspecified atom stereocenters. The topological polar surface area (TPSA) is 62.7 Å². The molecule has 6 heteroatoms. The van der Waals surface area contributed by atoms with Gasteiger partial charge in [0.1, 0.15) is 17.2 Å². The SMILES string of the molecule is CCN(CCOc1ccccc1)Cc1ccc(-c2ccsc2C(=O)O)nc1. The lowest BCUT2D eigenvalue weighted by molar-refractivity contribution is 0.0703. The fourth-order valence-electron chi connectivity index (χ4n) is 2.77. The molecule has 0 bridgehead atoms. The minimum Gasteiger partial charge on any atom is -0.492 e. The maximum atomic E-state index is 11.3. The summed E-state index contributed by atoms with van der Waals surface area (Å²) in [5.41, 5.74) is 2.45. The van der Waals surface area contributed by atoms with E-state index in [-0.39, 0.29) is 0 Å². The first-order chi connectivity index (χ1) is 13.2. The van der Waals surface area contributed by atoms with Gasteiger partial charge in [-0.2, -0.15) is 0 Å². The molecule has 0 saturated heterocycles. The third kappa shape index (κ3) is 5.15. The Morgan fingerprint density at radius 2 is 2.00 bits per heavy atom. The smallest absolute Gasteiger partial charge is 0.346 e. The van der Waals surface area contributed by atoms with Gasteiger partial charge >= 0.3 is 5.97 Å². The molecule has 3 aromatic rings. The third-order valence-corrected chi connectivity index (χ3v) is 5.14. The number of aromatic nitrogens is 1. The molecule has 2 aromatic heterocycles. The Kier molecular flexibility index (Phi) is 6.57. The van der Waals surface area contributed by atoms with Gasteiger partial charge in [0.2, 0.25) is 0 Å². The van der Waals surface area contributed by atoms with Gasteiger partial charge < -0.3 is 9.84 Å². The molecule has 0 fully saturated rings. The Balaban J connectivity index is 1.57. The maximum Gasteiger partial charge on any atom is 0.346 e. The van der Waals surface area contributed by atoms with Crippen molar-refractivity contribution in [1.29, 1.82) is 0 Å². The number of pyridine rings is 1. The highest BCUT2D eigenvalue weighted by Gasteiger charge is 2.14. The van der Waals surface area contributed by atoms with Crippen LogP contribution in [0.25, 0.3) is 11.3 Å². The fourth-order valence-corrected chi connectivity index (χ4v) is 3.51. The largest absolute Gasteiger partial charge is 0.492 e. The summed E-state index contributed by atoms with van der Waals surface area (Å²) in [4.78, 5) is 18.3. The summed E-state index contributed by atoms with van der Waals surface area (Å²) in [5.74, 6) is -0.0361. The lowest BCUT2D eigenvalue weighted by atomic mass is 10.1. The fraction of sp³-hybridized carbons (Fsp3) is 0.238. The van der Waals surface area contributed by atoms with E-state index in [0.29, 0.717) is 22.7 Å². The first-order valence-electron chi connectivity index (χ1n) is 8.83. The van der Waals surface area contributed by atoms with Crippen LogP contribution in [0.4, 0.5) is 0 Å². The number of aromatic carboxylic acids is 1. The van der Waals surface area contributed by atoms with Crippen molar-refractivity contribution in [3.63, 3.8) is 0 Å². The zero-order valence-corrected chi connectivity index (χ0v) is 16.0. The van der Waals surface area contributed by atoms with Gasteiger partial charge in [0.25, 0.3) is 0 Å². The monoisotopic (exact) mass is 382 g/mol. The number of para-hydroxylation sites is 1. The summed E-state index contributed by atoms with van der Waals surface area (Å²) >= 11 is 1.22.